The van der Waals surface area contributed by atoms with Crippen molar-refractivity contribution in [3.63, 3.8) is 0 Å². The summed E-state index contributed by atoms with van der Waals surface area (Å²) in [4.78, 5) is 46.0. The van der Waals surface area contributed by atoms with Gasteiger partial charge in [0, 0.05) is 12.5 Å². The second-order valence-corrected chi connectivity index (χ2v) is 7.08. The number of urea groups is 1. The fraction of sp³-hybridized carbons (Fsp3) is 0.750. The van der Waals surface area contributed by atoms with Gasteiger partial charge in [0.1, 0.15) is 17.7 Å². The van der Waals surface area contributed by atoms with E-state index in [4.69, 9.17) is 20.7 Å². The normalized spacial score (nSPS) is 14.7. The van der Waals surface area contributed by atoms with Crippen molar-refractivity contribution in [1.29, 1.82) is 0 Å². The van der Waals surface area contributed by atoms with Gasteiger partial charge in [0.05, 0.1) is 0 Å². The molecule has 0 aromatic rings. The number of esters is 1. The Balaban J connectivity index is 4.93. The van der Waals surface area contributed by atoms with Gasteiger partial charge in [0.25, 0.3) is 0 Å². The number of ether oxygens (including phenoxy) is 1. The molecular weight excluding hydrogens is 346 g/mol. The van der Waals surface area contributed by atoms with E-state index < -0.39 is 48.0 Å². The third-order valence-electron chi connectivity index (χ3n) is 3.16. The molecule has 0 radical (unpaired) electrons. The number of nitrogens with one attached hydrogen (secondary N) is 2. The van der Waals surface area contributed by atoms with Crippen molar-refractivity contribution in [2.75, 3.05) is 0 Å². The largest absolute Gasteiger partial charge is 0.481 e. The highest BCUT2D eigenvalue weighted by molar-refractivity contribution is 5.87. The van der Waals surface area contributed by atoms with E-state index >= 15 is 0 Å². The third-order valence-corrected chi connectivity index (χ3v) is 3.16. The molecule has 0 fully saturated rings. The van der Waals surface area contributed by atoms with Crippen molar-refractivity contribution in [3.8, 4) is 0 Å². The van der Waals surface area contributed by atoms with E-state index in [-0.39, 0.29) is 18.9 Å². The molecule has 10 nitrogen and oxygen atoms in total. The van der Waals surface area contributed by atoms with Crippen molar-refractivity contribution < 1.29 is 34.1 Å². The Labute approximate surface area is 152 Å². The molecule has 0 aliphatic carbocycles. The Hall–Kier alpha value is -2.36. The predicted octanol–water partition coefficient (Wildman–Crippen LogP) is 0.441. The van der Waals surface area contributed by atoms with Gasteiger partial charge in [-0.15, -0.1) is 0 Å². The minimum atomic E-state index is -1.39. The summed E-state index contributed by atoms with van der Waals surface area (Å²) in [6.07, 6.45) is -0.0507. The van der Waals surface area contributed by atoms with Crippen LogP contribution in [-0.2, 0) is 19.1 Å². The molecule has 6 N–H and O–H groups in total. The zero-order chi connectivity index (χ0) is 20.5. The zero-order valence-corrected chi connectivity index (χ0v) is 15.6. The van der Waals surface area contributed by atoms with Gasteiger partial charge in [-0.05, 0) is 47.0 Å². The predicted molar refractivity (Wildman–Crippen MR) is 92.5 cm³/mol. The van der Waals surface area contributed by atoms with Crippen molar-refractivity contribution >= 4 is 23.9 Å². The fourth-order valence-electron chi connectivity index (χ4n) is 1.93. The van der Waals surface area contributed by atoms with Crippen molar-refractivity contribution in [3.05, 3.63) is 0 Å². The first-order valence-electron chi connectivity index (χ1n) is 8.32. The minimum Gasteiger partial charge on any atom is -0.481 e. The second-order valence-electron chi connectivity index (χ2n) is 7.08. The van der Waals surface area contributed by atoms with Gasteiger partial charge in [-0.1, -0.05) is 0 Å². The van der Waals surface area contributed by atoms with Crippen LogP contribution in [0.5, 0.6) is 0 Å². The van der Waals surface area contributed by atoms with Crippen molar-refractivity contribution in [1.82, 2.24) is 10.6 Å². The maximum absolute atomic E-state index is 12.2. The highest BCUT2D eigenvalue weighted by atomic mass is 16.6. The van der Waals surface area contributed by atoms with Gasteiger partial charge < -0.3 is 31.3 Å². The van der Waals surface area contributed by atoms with Crippen LogP contribution in [0.2, 0.25) is 0 Å². The van der Waals surface area contributed by atoms with Crippen LogP contribution in [0, 0.1) is 0 Å². The van der Waals surface area contributed by atoms with E-state index in [9.17, 15) is 19.2 Å². The number of carbonyl (C=O) groups excluding carboxylic acids is 2. The average molecular weight is 375 g/mol. The average Bonchev–Trinajstić information content (AvgIpc) is 2.45. The molecule has 0 heterocycles. The molecule has 0 saturated carbocycles. The molecule has 0 aromatic heterocycles. The van der Waals surface area contributed by atoms with Crippen LogP contribution in [-0.4, -0.2) is 57.9 Å². The summed E-state index contributed by atoms with van der Waals surface area (Å²) < 4.78 is 5.25. The maximum Gasteiger partial charge on any atom is 0.329 e. The van der Waals surface area contributed by atoms with Crippen molar-refractivity contribution in [2.45, 2.75) is 77.1 Å². The molecule has 0 aliphatic heterocycles. The first kappa shape index (κ1) is 23.6. The van der Waals surface area contributed by atoms with Gasteiger partial charge in [0.15, 0.2) is 0 Å². The van der Waals surface area contributed by atoms with Crippen molar-refractivity contribution in [2.24, 2.45) is 5.73 Å². The Morgan fingerprint density at radius 3 is 1.96 bits per heavy atom. The number of nitrogens with two attached hydrogens (primary N) is 1. The number of rotatable bonds is 10. The Bertz CT molecular complexity index is 514. The summed E-state index contributed by atoms with van der Waals surface area (Å²) in [6, 6.07) is -3.50. The molecule has 3 atom stereocenters. The highest BCUT2D eigenvalue weighted by Crippen LogP contribution is 2.11. The molecular formula is C16H29N3O7. The number of aliphatic carboxylic acids is 2. The lowest BCUT2D eigenvalue weighted by Crippen LogP contribution is -2.52. The first-order valence-corrected chi connectivity index (χ1v) is 8.32. The number of carbonyl (C=O) groups is 4. The molecule has 0 saturated heterocycles. The Morgan fingerprint density at radius 1 is 1.00 bits per heavy atom. The zero-order valence-electron chi connectivity index (χ0n) is 15.6. The van der Waals surface area contributed by atoms with E-state index in [1.807, 2.05) is 0 Å². The van der Waals surface area contributed by atoms with Gasteiger partial charge in [-0.3, -0.25) is 4.79 Å². The standard InChI is InChI=1S/C16H29N3O7/c1-9(17)5-6-11(14(24)26-16(2,3)4)19-15(25)18-10(13(22)23)7-8-12(20)21/h9-11H,5-8,17H2,1-4H3,(H,20,21)(H,22,23)(H2,18,19,25). The number of amides is 2. The smallest absolute Gasteiger partial charge is 0.329 e. The highest BCUT2D eigenvalue weighted by Gasteiger charge is 2.28. The van der Waals surface area contributed by atoms with E-state index in [2.05, 4.69) is 10.6 Å². The lowest BCUT2D eigenvalue weighted by atomic mass is 10.1. The number of hydrogen-bond acceptors (Lipinski definition) is 6. The first-order chi connectivity index (χ1) is 11.8. The lowest BCUT2D eigenvalue weighted by Gasteiger charge is -2.25. The summed E-state index contributed by atoms with van der Waals surface area (Å²) in [6.45, 7) is 6.79. The Kier molecular flexibility index (Phi) is 9.63. The molecule has 0 rings (SSSR count). The van der Waals surface area contributed by atoms with Crippen LogP contribution < -0.4 is 16.4 Å². The maximum atomic E-state index is 12.2. The lowest BCUT2D eigenvalue weighted by molar-refractivity contribution is -0.157. The summed E-state index contributed by atoms with van der Waals surface area (Å²) in [5.41, 5.74) is 4.92. The van der Waals surface area contributed by atoms with Gasteiger partial charge in [-0.2, -0.15) is 0 Å². The molecule has 0 aliphatic rings. The van der Waals surface area contributed by atoms with E-state index in [0.29, 0.717) is 6.42 Å². The molecule has 150 valence electrons. The summed E-state index contributed by atoms with van der Waals surface area (Å²) in [7, 11) is 0. The summed E-state index contributed by atoms with van der Waals surface area (Å²) in [5.74, 6) is -3.21. The molecule has 2 amide bonds. The number of carboxylic acids is 2. The van der Waals surface area contributed by atoms with Gasteiger partial charge in [0.2, 0.25) is 0 Å². The van der Waals surface area contributed by atoms with E-state index in [1.165, 1.54) is 0 Å². The van der Waals surface area contributed by atoms with Crippen LogP contribution in [0.3, 0.4) is 0 Å². The molecule has 0 aromatic carbocycles. The minimum absolute atomic E-state index is 0.202. The quantitative estimate of drug-likeness (QED) is 0.343. The van der Waals surface area contributed by atoms with E-state index in [0.717, 1.165) is 0 Å². The molecule has 26 heavy (non-hydrogen) atoms. The third kappa shape index (κ3) is 11.2. The number of hydrogen-bond donors (Lipinski definition) is 5. The van der Waals surface area contributed by atoms with Crippen LogP contribution in [0.4, 0.5) is 4.79 Å². The SMILES string of the molecule is CC(N)CCC(NC(=O)NC(CCC(=O)O)C(=O)O)C(=O)OC(C)(C)C. The van der Waals surface area contributed by atoms with Gasteiger partial charge >= 0.3 is 23.9 Å². The van der Waals surface area contributed by atoms with E-state index in [1.54, 1.807) is 27.7 Å². The molecule has 3 unspecified atom stereocenters. The van der Waals surface area contributed by atoms with Crippen LogP contribution in [0.1, 0.15) is 53.4 Å². The fourth-order valence-corrected chi connectivity index (χ4v) is 1.93. The topological polar surface area (TPSA) is 168 Å². The molecule has 10 heteroatoms. The van der Waals surface area contributed by atoms with Crippen LogP contribution in [0.15, 0.2) is 0 Å². The summed E-state index contributed by atoms with van der Waals surface area (Å²) >= 11 is 0. The summed E-state index contributed by atoms with van der Waals surface area (Å²) in [5, 5.41) is 22.2. The Morgan fingerprint density at radius 2 is 1.54 bits per heavy atom. The number of carboxylic acid groups (broad SMARTS) is 2. The molecule has 0 spiro atoms. The monoisotopic (exact) mass is 375 g/mol. The van der Waals surface area contributed by atoms with Crippen LogP contribution in [0.25, 0.3) is 0 Å². The second kappa shape index (κ2) is 10.6. The van der Waals surface area contributed by atoms with Gasteiger partial charge in [-0.25, -0.2) is 14.4 Å². The van der Waals surface area contributed by atoms with Crippen LogP contribution >= 0.6 is 0 Å². The molecule has 0 bridgehead atoms.